The van der Waals surface area contributed by atoms with E-state index >= 15 is 0 Å². The van der Waals surface area contributed by atoms with Gasteiger partial charge in [-0.15, -0.1) is 0 Å². The van der Waals surface area contributed by atoms with E-state index in [2.05, 4.69) is 18.3 Å². The molecule has 102 valence electrons. The van der Waals surface area contributed by atoms with Gasteiger partial charge < -0.3 is 11.1 Å². The summed E-state index contributed by atoms with van der Waals surface area (Å²) in [6.07, 6.45) is 4.65. The van der Waals surface area contributed by atoms with E-state index in [0.717, 1.165) is 12.1 Å². The summed E-state index contributed by atoms with van der Waals surface area (Å²) in [5.74, 6) is 0.497. The van der Waals surface area contributed by atoms with E-state index < -0.39 is 0 Å². The van der Waals surface area contributed by atoms with Crippen molar-refractivity contribution in [3.8, 4) is 6.07 Å². The summed E-state index contributed by atoms with van der Waals surface area (Å²) < 4.78 is 0. The fourth-order valence-electron chi connectivity index (χ4n) is 2.94. The normalized spacial score (nSPS) is 26.7. The molecule has 0 saturated heterocycles. The molecule has 0 radical (unpaired) electrons. The predicted octanol–water partition coefficient (Wildman–Crippen LogP) is 3.53. The van der Waals surface area contributed by atoms with Gasteiger partial charge in [-0.3, -0.25) is 0 Å². The van der Waals surface area contributed by atoms with Gasteiger partial charge in [0.25, 0.3) is 0 Å². The maximum atomic E-state index is 9.20. The van der Waals surface area contributed by atoms with Crippen molar-refractivity contribution in [1.82, 2.24) is 0 Å². The van der Waals surface area contributed by atoms with E-state index in [1.807, 2.05) is 6.07 Å². The van der Waals surface area contributed by atoms with E-state index in [1.54, 1.807) is 12.1 Å². The number of hydrogen-bond donors (Lipinski definition) is 2. The minimum absolute atomic E-state index is 0.117. The van der Waals surface area contributed by atoms with Gasteiger partial charge in [0.2, 0.25) is 0 Å². The van der Waals surface area contributed by atoms with Crippen LogP contribution >= 0.6 is 11.6 Å². The van der Waals surface area contributed by atoms with Gasteiger partial charge in [0.15, 0.2) is 0 Å². The summed E-state index contributed by atoms with van der Waals surface area (Å²) in [7, 11) is 0. The molecule has 2 unspecified atom stereocenters. The number of nitrogens with zero attached hydrogens (tertiary/aromatic N) is 1. The first-order valence-corrected chi connectivity index (χ1v) is 7.17. The highest BCUT2D eigenvalue weighted by atomic mass is 35.5. The largest absolute Gasteiger partial charge is 0.377 e. The third kappa shape index (κ3) is 2.86. The standard InChI is InChI=1S/C15H20ClN3/c1-11-4-2-3-7-15(11,10-18)19-14-8-13(16)6-5-12(14)9-17/h5-6,8,11,19H,2-4,7,10,18H2,1H3. The van der Waals surface area contributed by atoms with Crippen LogP contribution in [0.1, 0.15) is 38.2 Å². The smallest absolute Gasteiger partial charge is 0.101 e. The summed E-state index contributed by atoms with van der Waals surface area (Å²) in [6, 6.07) is 7.52. The predicted molar refractivity (Wildman–Crippen MR) is 79.2 cm³/mol. The molecule has 19 heavy (non-hydrogen) atoms. The molecule has 0 heterocycles. The lowest BCUT2D eigenvalue weighted by Gasteiger charge is -2.43. The van der Waals surface area contributed by atoms with Crippen LogP contribution < -0.4 is 11.1 Å². The topological polar surface area (TPSA) is 61.8 Å². The van der Waals surface area contributed by atoms with Crippen molar-refractivity contribution in [2.75, 3.05) is 11.9 Å². The SMILES string of the molecule is CC1CCCCC1(CN)Nc1cc(Cl)ccc1C#N. The molecule has 1 aliphatic carbocycles. The number of nitrogens with two attached hydrogens (primary N) is 1. The molecule has 0 aromatic heterocycles. The van der Waals surface area contributed by atoms with Gasteiger partial charge in [0.1, 0.15) is 6.07 Å². The van der Waals surface area contributed by atoms with E-state index in [9.17, 15) is 5.26 Å². The average molecular weight is 278 g/mol. The lowest BCUT2D eigenvalue weighted by Crippen LogP contribution is -2.52. The maximum Gasteiger partial charge on any atom is 0.101 e. The van der Waals surface area contributed by atoms with Gasteiger partial charge in [-0.05, 0) is 37.0 Å². The zero-order valence-electron chi connectivity index (χ0n) is 11.2. The number of anilines is 1. The molecule has 2 rings (SSSR count). The number of hydrogen-bond acceptors (Lipinski definition) is 3. The first-order valence-electron chi connectivity index (χ1n) is 6.79. The Kier molecular flexibility index (Phi) is 4.34. The number of benzene rings is 1. The van der Waals surface area contributed by atoms with Crippen molar-refractivity contribution in [3.05, 3.63) is 28.8 Å². The van der Waals surface area contributed by atoms with Crippen LogP contribution in [-0.4, -0.2) is 12.1 Å². The molecule has 3 nitrogen and oxygen atoms in total. The first kappa shape index (κ1) is 14.2. The summed E-state index contributed by atoms with van der Waals surface area (Å²) in [4.78, 5) is 0. The number of halogens is 1. The molecule has 1 aromatic rings. The van der Waals surface area contributed by atoms with Gasteiger partial charge in [-0.2, -0.15) is 5.26 Å². The van der Waals surface area contributed by atoms with Crippen molar-refractivity contribution in [2.45, 2.75) is 38.1 Å². The van der Waals surface area contributed by atoms with E-state index in [0.29, 0.717) is 23.0 Å². The van der Waals surface area contributed by atoms with Crippen LogP contribution in [0.5, 0.6) is 0 Å². The quantitative estimate of drug-likeness (QED) is 0.888. The monoisotopic (exact) mass is 277 g/mol. The van der Waals surface area contributed by atoms with Crippen LogP contribution in [0.15, 0.2) is 18.2 Å². The van der Waals surface area contributed by atoms with E-state index in [1.165, 1.54) is 19.3 Å². The fourth-order valence-corrected chi connectivity index (χ4v) is 3.11. The third-order valence-electron chi connectivity index (χ3n) is 4.30. The summed E-state index contributed by atoms with van der Waals surface area (Å²) >= 11 is 6.04. The van der Waals surface area contributed by atoms with Gasteiger partial charge in [0.05, 0.1) is 16.8 Å². The van der Waals surface area contributed by atoms with E-state index in [4.69, 9.17) is 17.3 Å². The molecular weight excluding hydrogens is 258 g/mol. The molecule has 2 atom stereocenters. The Hall–Kier alpha value is -1.24. The number of nitriles is 1. The van der Waals surface area contributed by atoms with E-state index in [-0.39, 0.29) is 5.54 Å². The Morgan fingerprint density at radius 1 is 1.53 bits per heavy atom. The molecule has 4 heteroatoms. The van der Waals surface area contributed by atoms with Crippen LogP contribution in [0.25, 0.3) is 0 Å². The fraction of sp³-hybridized carbons (Fsp3) is 0.533. The Morgan fingerprint density at radius 2 is 2.32 bits per heavy atom. The molecule has 1 fully saturated rings. The Balaban J connectivity index is 2.32. The highest BCUT2D eigenvalue weighted by Crippen LogP contribution is 2.37. The molecule has 1 aliphatic rings. The molecule has 0 amide bonds. The van der Waals surface area contributed by atoms with Crippen LogP contribution in [0.4, 0.5) is 5.69 Å². The van der Waals surface area contributed by atoms with Crippen LogP contribution in [-0.2, 0) is 0 Å². The zero-order chi connectivity index (χ0) is 13.9. The van der Waals surface area contributed by atoms with Gasteiger partial charge in [-0.1, -0.05) is 31.4 Å². The van der Waals surface area contributed by atoms with Gasteiger partial charge in [-0.25, -0.2) is 0 Å². The minimum atomic E-state index is -0.117. The minimum Gasteiger partial charge on any atom is -0.377 e. The summed E-state index contributed by atoms with van der Waals surface area (Å²) in [5.41, 5.74) is 7.33. The second-order valence-electron chi connectivity index (χ2n) is 5.43. The summed E-state index contributed by atoms with van der Waals surface area (Å²) in [6.45, 7) is 2.81. The second kappa shape index (κ2) is 5.81. The van der Waals surface area contributed by atoms with Crippen LogP contribution in [0, 0.1) is 17.2 Å². The Labute approximate surface area is 119 Å². The number of nitrogens with one attached hydrogen (secondary N) is 1. The summed E-state index contributed by atoms with van der Waals surface area (Å²) in [5, 5.41) is 13.4. The molecule has 0 aliphatic heterocycles. The van der Waals surface area contributed by atoms with Crippen molar-refractivity contribution in [2.24, 2.45) is 11.7 Å². The molecule has 1 saturated carbocycles. The lowest BCUT2D eigenvalue weighted by atomic mass is 9.73. The Bertz CT molecular complexity index is 495. The van der Waals surface area contributed by atoms with Crippen molar-refractivity contribution < 1.29 is 0 Å². The van der Waals surface area contributed by atoms with Crippen molar-refractivity contribution >= 4 is 17.3 Å². The highest BCUT2D eigenvalue weighted by molar-refractivity contribution is 6.30. The van der Waals surface area contributed by atoms with Crippen LogP contribution in [0.2, 0.25) is 5.02 Å². The number of rotatable bonds is 3. The van der Waals surface area contributed by atoms with Crippen LogP contribution in [0.3, 0.4) is 0 Å². The lowest BCUT2D eigenvalue weighted by molar-refractivity contribution is 0.235. The molecule has 0 bridgehead atoms. The van der Waals surface area contributed by atoms with Crippen molar-refractivity contribution in [3.63, 3.8) is 0 Å². The van der Waals surface area contributed by atoms with Gasteiger partial charge >= 0.3 is 0 Å². The zero-order valence-corrected chi connectivity index (χ0v) is 12.0. The molecule has 1 aromatic carbocycles. The molecule has 0 spiro atoms. The second-order valence-corrected chi connectivity index (χ2v) is 5.87. The maximum absolute atomic E-state index is 9.20. The van der Waals surface area contributed by atoms with Gasteiger partial charge in [0, 0.05) is 11.6 Å². The third-order valence-corrected chi connectivity index (χ3v) is 4.54. The molecule has 3 N–H and O–H groups in total. The molecular formula is C15H20ClN3. The van der Waals surface area contributed by atoms with Crippen molar-refractivity contribution in [1.29, 1.82) is 5.26 Å². The highest BCUT2D eigenvalue weighted by Gasteiger charge is 2.37. The first-order chi connectivity index (χ1) is 9.11. The Morgan fingerprint density at radius 3 is 2.95 bits per heavy atom. The average Bonchev–Trinajstić information content (AvgIpc) is 2.42.